The zero-order valence-corrected chi connectivity index (χ0v) is 16.4. The van der Waals surface area contributed by atoms with Gasteiger partial charge in [-0.1, -0.05) is 44.2 Å². The summed E-state index contributed by atoms with van der Waals surface area (Å²) in [7, 11) is 1.87. The Morgan fingerprint density at radius 2 is 1.89 bits per heavy atom. The molecule has 6 nitrogen and oxygen atoms in total. The largest absolute Gasteiger partial charge is 0.347 e. The highest BCUT2D eigenvalue weighted by Crippen LogP contribution is 2.24. The molecule has 1 aliphatic heterocycles. The molecule has 1 aromatic carbocycles. The number of benzene rings is 1. The molecule has 2 aromatic rings. The van der Waals surface area contributed by atoms with E-state index in [-0.39, 0.29) is 17.7 Å². The van der Waals surface area contributed by atoms with Crippen LogP contribution in [0.2, 0.25) is 0 Å². The van der Waals surface area contributed by atoms with Gasteiger partial charge in [-0.3, -0.25) is 14.3 Å². The first-order chi connectivity index (χ1) is 13.0. The average molecular weight is 368 g/mol. The third-order valence-corrected chi connectivity index (χ3v) is 5.40. The Balaban J connectivity index is 1.75. The van der Waals surface area contributed by atoms with Crippen LogP contribution >= 0.6 is 0 Å². The van der Waals surface area contributed by atoms with Crippen molar-refractivity contribution >= 4 is 11.8 Å². The summed E-state index contributed by atoms with van der Waals surface area (Å²) in [4.78, 5) is 27.4. The molecule has 0 bridgehead atoms. The Kier molecular flexibility index (Phi) is 5.94. The number of hydrogen-bond donors (Lipinski definition) is 1. The molecule has 144 valence electrons. The molecule has 0 fully saturated rings. The van der Waals surface area contributed by atoms with E-state index in [9.17, 15) is 9.59 Å². The molecular formula is C21H28N4O2. The van der Waals surface area contributed by atoms with Gasteiger partial charge in [-0.25, -0.2) is 0 Å². The van der Waals surface area contributed by atoms with E-state index in [2.05, 4.69) is 10.4 Å². The molecule has 2 amide bonds. The molecule has 6 heteroatoms. The maximum Gasteiger partial charge on any atom is 0.272 e. The topological polar surface area (TPSA) is 67.2 Å². The summed E-state index contributed by atoms with van der Waals surface area (Å²) in [5, 5.41) is 7.40. The predicted molar refractivity (Wildman–Crippen MR) is 104 cm³/mol. The molecule has 0 saturated carbocycles. The standard InChI is InChI=1S/C21H28N4O2/c1-4-16(5-2)21(27)25-12-11-18-17(14-25)19(23-24(18)3)20(26)22-13-15-9-7-6-8-10-15/h6-10,16H,4-5,11-14H2,1-3H3,(H,22,26). The molecular weight excluding hydrogens is 340 g/mol. The maximum absolute atomic E-state index is 12.8. The molecule has 0 saturated heterocycles. The number of aryl methyl sites for hydroxylation is 1. The van der Waals surface area contributed by atoms with Crippen molar-refractivity contribution in [2.75, 3.05) is 6.54 Å². The van der Waals surface area contributed by atoms with E-state index in [0.717, 1.165) is 36.1 Å². The monoisotopic (exact) mass is 368 g/mol. The second-order valence-electron chi connectivity index (χ2n) is 7.09. The van der Waals surface area contributed by atoms with E-state index >= 15 is 0 Å². The minimum absolute atomic E-state index is 0.0542. The van der Waals surface area contributed by atoms with Crippen molar-refractivity contribution in [3.05, 3.63) is 52.8 Å². The Morgan fingerprint density at radius 1 is 1.19 bits per heavy atom. The number of amides is 2. The number of nitrogens with zero attached hydrogens (tertiary/aromatic N) is 3. The van der Waals surface area contributed by atoms with Crippen LogP contribution in [0, 0.1) is 5.92 Å². The molecule has 0 spiro atoms. The van der Waals surface area contributed by atoms with Gasteiger partial charge < -0.3 is 10.2 Å². The van der Waals surface area contributed by atoms with E-state index in [0.29, 0.717) is 25.3 Å². The highest BCUT2D eigenvalue weighted by molar-refractivity contribution is 5.94. The Morgan fingerprint density at radius 3 is 2.56 bits per heavy atom. The lowest BCUT2D eigenvalue weighted by Crippen LogP contribution is -2.40. The SMILES string of the molecule is CCC(CC)C(=O)N1CCc2c(c(C(=O)NCc3ccccc3)nn2C)C1. The quantitative estimate of drug-likeness (QED) is 0.852. The first-order valence-corrected chi connectivity index (χ1v) is 9.70. The highest BCUT2D eigenvalue weighted by atomic mass is 16.2. The van der Waals surface area contributed by atoms with E-state index in [1.165, 1.54) is 0 Å². The zero-order valence-electron chi connectivity index (χ0n) is 16.4. The zero-order chi connectivity index (χ0) is 19.4. The van der Waals surface area contributed by atoms with Gasteiger partial charge in [0.2, 0.25) is 5.91 Å². The number of carbonyl (C=O) groups is 2. The first-order valence-electron chi connectivity index (χ1n) is 9.70. The summed E-state index contributed by atoms with van der Waals surface area (Å²) in [6.45, 7) is 5.71. The summed E-state index contributed by atoms with van der Waals surface area (Å²) < 4.78 is 1.78. The molecule has 0 aliphatic carbocycles. The van der Waals surface area contributed by atoms with Gasteiger partial charge in [0.25, 0.3) is 5.91 Å². The van der Waals surface area contributed by atoms with E-state index in [4.69, 9.17) is 0 Å². The van der Waals surface area contributed by atoms with Crippen molar-refractivity contribution in [1.29, 1.82) is 0 Å². The maximum atomic E-state index is 12.8. The van der Waals surface area contributed by atoms with Gasteiger partial charge in [0.15, 0.2) is 5.69 Å². The van der Waals surface area contributed by atoms with Crippen LogP contribution in [0.3, 0.4) is 0 Å². The first kappa shape index (κ1) is 19.1. The summed E-state index contributed by atoms with van der Waals surface area (Å²) >= 11 is 0. The lowest BCUT2D eigenvalue weighted by molar-refractivity contribution is -0.136. The minimum atomic E-state index is -0.187. The Labute approximate surface area is 160 Å². The number of fused-ring (bicyclic) bond motifs is 1. The fourth-order valence-electron chi connectivity index (χ4n) is 3.72. The van der Waals surface area contributed by atoms with Crippen LogP contribution < -0.4 is 5.32 Å². The van der Waals surface area contributed by atoms with Crippen molar-refractivity contribution in [3.8, 4) is 0 Å². The normalized spacial score (nSPS) is 13.6. The van der Waals surface area contributed by atoms with Gasteiger partial charge in [0.1, 0.15) is 0 Å². The number of rotatable bonds is 6. The van der Waals surface area contributed by atoms with E-state index in [1.54, 1.807) is 4.68 Å². The van der Waals surface area contributed by atoms with Gasteiger partial charge >= 0.3 is 0 Å². The van der Waals surface area contributed by atoms with Crippen molar-refractivity contribution < 1.29 is 9.59 Å². The fourth-order valence-corrected chi connectivity index (χ4v) is 3.72. The second-order valence-corrected chi connectivity index (χ2v) is 7.09. The van der Waals surface area contributed by atoms with Crippen LogP contribution in [0.25, 0.3) is 0 Å². The number of hydrogen-bond acceptors (Lipinski definition) is 3. The van der Waals surface area contributed by atoms with Crippen molar-refractivity contribution in [1.82, 2.24) is 20.0 Å². The van der Waals surface area contributed by atoms with Crippen LogP contribution in [0.15, 0.2) is 30.3 Å². The summed E-state index contributed by atoms with van der Waals surface area (Å²) in [6.07, 6.45) is 2.42. The minimum Gasteiger partial charge on any atom is -0.347 e. The van der Waals surface area contributed by atoms with Crippen LogP contribution in [0.5, 0.6) is 0 Å². The highest BCUT2D eigenvalue weighted by Gasteiger charge is 2.31. The van der Waals surface area contributed by atoms with Crippen LogP contribution in [0.4, 0.5) is 0 Å². The smallest absolute Gasteiger partial charge is 0.272 e. The summed E-state index contributed by atoms with van der Waals surface area (Å²) in [5.74, 6) is 0.0521. The van der Waals surface area contributed by atoms with Gasteiger partial charge in [-0.05, 0) is 18.4 Å². The number of nitrogens with one attached hydrogen (secondary N) is 1. The molecule has 27 heavy (non-hydrogen) atoms. The predicted octanol–water partition coefficient (Wildman–Crippen LogP) is 2.67. The average Bonchev–Trinajstić information content (AvgIpc) is 3.04. The molecule has 0 atom stereocenters. The Hall–Kier alpha value is -2.63. The fraction of sp³-hybridized carbons (Fsp3) is 0.476. The van der Waals surface area contributed by atoms with Crippen molar-refractivity contribution in [2.45, 2.75) is 46.2 Å². The summed E-state index contributed by atoms with van der Waals surface area (Å²) in [6, 6.07) is 9.80. The van der Waals surface area contributed by atoms with E-state index in [1.807, 2.05) is 56.1 Å². The third-order valence-electron chi connectivity index (χ3n) is 5.40. The molecule has 0 radical (unpaired) electrons. The lowest BCUT2D eigenvalue weighted by atomic mass is 9.98. The van der Waals surface area contributed by atoms with Crippen molar-refractivity contribution in [3.63, 3.8) is 0 Å². The molecule has 3 rings (SSSR count). The molecule has 1 aromatic heterocycles. The molecule has 2 heterocycles. The van der Waals surface area contributed by atoms with Gasteiger partial charge in [-0.15, -0.1) is 0 Å². The van der Waals surface area contributed by atoms with Crippen molar-refractivity contribution in [2.24, 2.45) is 13.0 Å². The molecule has 0 unspecified atom stereocenters. The van der Waals surface area contributed by atoms with Gasteiger partial charge in [0.05, 0.1) is 0 Å². The molecule has 1 N–H and O–H groups in total. The third kappa shape index (κ3) is 4.04. The Bertz CT molecular complexity index is 809. The second kappa shape index (κ2) is 8.37. The van der Waals surface area contributed by atoms with Crippen LogP contribution in [-0.2, 0) is 31.4 Å². The van der Waals surface area contributed by atoms with E-state index < -0.39 is 0 Å². The summed E-state index contributed by atoms with van der Waals surface area (Å²) in [5.41, 5.74) is 3.41. The van der Waals surface area contributed by atoms with Gasteiger partial charge in [0, 0.05) is 50.3 Å². The van der Waals surface area contributed by atoms with Crippen LogP contribution in [-0.4, -0.2) is 33.0 Å². The molecule has 1 aliphatic rings. The number of aromatic nitrogens is 2. The lowest BCUT2D eigenvalue weighted by Gasteiger charge is -2.30. The number of carbonyl (C=O) groups excluding carboxylic acids is 2. The van der Waals surface area contributed by atoms with Crippen LogP contribution in [0.1, 0.15) is 54.0 Å². The van der Waals surface area contributed by atoms with Gasteiger partial charge in [-0.2, -0.15) is 5.10 Å².